The van der Waals surface area contributed by atoms with Crippen LogP contribution in [0.2, 0.25) is 0 Å². The Labute approximate surface area is 105 Å². The molecule has 1 fully saturated rings. The van der Waals surface area contributed by atoms with Crippen molar-refractivity contribution in [2.45, 2.75) is 26.2 Å². The predicted octanol–water partition coefficient (Wildman–Crippen LogP) is 2.52. The first kappa shape index (κ1) is 12.6. The van der Waals surface area contributed by atoms with Crippen LogP contribution < -0.4 is 0 Å². The summed E-state index contributed by atoms with van der Waals surface area (Å²) in [5.74, 6) is 0. The van der Waals surface area contributed by atoms with Crippen LogP contribution in [0.5, 0.6) is 0 Å². The van der Waals surface area contributed by atoms with Crippen molar-refractivity contribution in [1.82, 2.24) is 9.80 Å². The molecule has 2 heteroatoms. The molecule has 1 saturated heterocycles. The number of hydrogen-bond acceptors (Lipinski definition) is 2. The maximum atomic E-state index is 2.55. The Balaban J connectivity index is 1.73. The molecular weight excluding hydrogens is 208 g/mol. The first-order chi connectivity index (χ1) is 8.24. The molecule has 0 spiro atoms. The second-order valence-corrected chi connectivity index (χ2v) is 5.29. The van der Waals surface area contributed by atoms with Crippen LogP contribution in [-0.4, -0.2) is 43.2 Å². The topological polar surface area (TPSA) is 6.48 Å². The predicted molar refractivity (Wildman–Crippen MR) is 73.2 cm³/mol. The third-order valence-electron chi connectivity index (χ3n) is 3.50. The van der Waals surface area contributed by atoms with Crippen molar-refractivity contribution < 1.29 is 0 Å². The molecule has 0 saturated carbocycles. The van der Waals surface area contributed by atoms with Crippen LogP contribution in [0.15, 0.2) is 24.3 Å². The fourth-order valence-corrected chi connectivity index (χ4v) is 2.52. The molecule has 1 aromatic rings. The molecule has 1 aliphatic heterocycles. The molecule has 0 bridgehead atoms. The number of aryl methyl sites for hydroxylation is 1. The van der Waals surface area contributed by atoms with Gasteiger partial charge in [0.05, 0.1) is 6.67 Å². The Hall–Kier alpha value is -0.860. The zero-order valence-corrected chi connectivity index (χ0v) is 11.2. The van der Waals surface area contributed by atoms with Crippen LogP contribution in [0.1, 0.15) is 24.0 Å². The van der Waals surface area contributed by atoms with Crippen molar-refractivity contribution in [1.29, 1.82) is 0 Å². The van der Waals surface area contributed by atoms with Gasteiger partial charge < -0.3 is 0 Å². The average Bonchev–Trinajstić information content (AvgIpc) is 2.79. The van der Waals surface area contributed by atoms with Gasteiger partial charge in [0, 0.05) is 6.54 Å². The summed E-state index contributed by atoms with van der Waals surface area (Å²) in [7, 11) is 2.23. The Morgan fingerprint density at radius 1 is 1.24 bits per heavy atom. The minimum atomic E-state index is 1.13. The van der Waals surface area contributed by atoms with E-state index in [1.165, 1.54) is 37.1 Å². The first-order valence-electron chi connectivity index (χ1n) is 6.70. The van der Waals surface area contributed by atoms with Crippen molar-refractivity contribution in [2.75, 3.05) is 33.4 Å². The van der Waals surface area contributed by atoms with E-state index in [1.54, 1.807) is 0 Å². The Bertz CT molecular complexity index is 343. The highest BCUT2D eigenvalue weighted by Gasteiger charge is 2.12. The fraction of sp³-hybridized carbons (Fsp3) is 0.600. The molecule has 0 aromatic heterocycles. The van der Waals surface area contributed by atoms with E-state index in [0.717, 1.165) is 19.6 Å². The summed E-state index contributed by atoms with van der Waals surface area (Å²) in [6.07, 6.45) is 3.92. The normalized spacial score (nSPS) is 16.9. The standard InChI is InChI=1S/C15H24N2/c1-14-6-5-7-15(12-14)8-11-16(2)13-17-9-3-4-10-17/h5-7,12H,3-4,8-11,13H2,1-2H3. The van der Waals surface area contributed by atoms with Gasteiger partial charge in [-0.15, -0.1) is 0 Å². The van der Waals surface area contributed by atoms with Crippen LogP contribution >= 0.6 is 0 Å². The largest absolute Gasteiger partial charge is 0.293 e. The third-order valence-corrected chi connectivity index (χ3v) is 3.50. The summed E-state index contributed by atoms with van der Waals surface area (Å²) in [5, 5.41) is 0. The lowest BCUT2D eigenvalue weighted by Crippen LogP contribution is -2.34. The molecule has 17 heavy (non-hydrogen) atoms. The second-order valence-electron chi connectivity index (χ2n) is 5.29. The highest BCUT2D eigenvalue weighted by Crippen LogP contribution is 2.09. The molecule has 0 aliphatic carbocycles. The smallest absolute Gasteiger partial charge is 0.0503 e. The Morgan fingerprint density at radius 2 is 2.00 bits per heavy atom. The zero-order valence-electron chi connectivity index (χ0n) is 11.2. The number of likely N-dealkylation sites (N-methyl/N-ethyl adjacent to an activating group) is 1. The van der Waals surface area contributed by atoms with E-state index >= 15 is 0 Å². The van der Waals surface area contributed by atoms with Gasteiger partial charge in [0.1, 0.15) is 0 Å². The van der Waals surface area contributed by atoms with Gasteiger partial charge in [-0.3, -0.25) is 9.80 Å². The molecule has 1 heterocycles. The molecule has 0 N–H and O–H groups in total. The summed E-state index contributed by atoms with van der Waals surface area (Å²) < 4.78 is 0. The number of nitrogens with zero attached hydrogens (tertiary/aromatic N) is 2. The van der Waals surface area contributed by atoms with E-state index in [-0.39, 0.29) is 0 Å². The minimum absolute atomic E-state index is 1.13. The average molecular weight is 232 g/mol. The number of benzene rings is 1. The van der Waals surface area contributed by atoms with E-state index < -0.39 is 0 Å². The monoisotopic (exact) mass is 232 g/mol. The molecule has 94 valence electrons. The molecule has 0 unspecified atom stereocenters. The highest BCUT2D eigenvalue weighted by atomic mass is 15.3. The molecule has 0 radical (unpaired) electrons. The molecule has 0 atom stereocenters. The minimum Gasteiger partial charge on any atom is -0.293 e. The van der Waals surface area contributed by atoms with Crippen LogP contribution in [-0.2, 0) is 6.42 Å². The van der Waals surface area contributed by atoms with Gasteiger partial charge in [-0.1, -0.05) is 29.8 Å². The van der Waals surface area contributed by atoms with Gasteiger partial charge in [-0.25, -0.2) is 0 Å². The van der Waals surface area contributed by atoms with E-state index in [1.807, 2.05) is 0 Å². The second kappa shape index (κ2) is 6.18. The summed E-state index contributed by atoms with van der Waals surface area (Å²) in [6.45, 7) is 7.02. The van der Waals surface area contributed by atoms with Gasteiger partial charge in [-0.05, 0) is 51.9 Å². The number of hydrogen-bond donors (Lipinski definition) is 0. The molecular formula is C15H24N2. The molecule has 2 nitrogen and oxygen atoms in total. The lowest BCUT2D eigenvalue weighted by atomic mass is 10.1. The highest BCUT2D eigenvalue weighted by molar-refractivity contribution is 5.22. The van der Waals surface area contributed by atoms with Crippen molar-refractivity contribution in [2.24, 2.45) is 0 Å². The van der Waals surface area contributed by atoms with Crippen LogP contribution in [0, 0.1) is 6.92 Å². The lowest BCUT2D eigenvalue weighted by molar-refractivity contribution is 0.184. The first-order valence-corrected chi connectivity index (χ1v) is 6.70. The van der Waals surface area contributed by atoms with Crippen molar-refractivity contribution >= 4 is 0 Å². The maximum absolute atomic E-state index is 2.55. The van der Waals surface area contributed by atoms with Gasteiger partial charge in [0.2, 0.25) is 0 Å². The fourth-order valence-electron chi connectivity index (χ4n) is 2.52. The maximum Gasteiger partial charge on any atom is 0.0503 e. The summed E-state index contributed by atoms with van der Waals surface area (Å²) in [4.78, 5) is 4.99. The van der Waals surface area contributed by atoms with Crippen molar-refractivity contribution in [3.05, 3.63) is 35.4 Å². The quantitative estimate of drug-likeness (QED) is 0.769. The van der Waals surface area contributed by atoms with Gasteiger partial charge in [0.15, 0.2) is 0 Å². The van der Waals surface area contributed by atoms with Crippen molar-refractivity contribution in [3.63, 3.8) is 0 Å². The van der Waals surface area contributed by atoms with E-state index in [4.69, 9.17) is 0 Å². The molecule has 2 rings (SSSR count). The summed E-state index contributed by atoms with van der Waals surface area (Å²) >= 11 is 0. The van der Waals surface area contributed by atoms with E-state index in [2.05, 4.69) is 48.0 Å². The van der Waals surface area contributed by atoms with E-state index in [0.29, 0.717) is 0 Å². The summed E-state index contributed by atoms with van der Waals surface area (Å²) in [5.41, 5.74) is 2.82. The van der Waals surface area contributed by atoms with Gasteiger partial charge in [-0.2, -0.15) is 0 Å². The van der Waals surface area contributed by atoms with Gasteiger partial charge in [0.25, 0.3) is 0 Å². The number of likely N-dealkylation sites (tertiary alicyclic amines) is 1. The Kier molecular flexibility index (Phi) is 4.57. The van der Waals surface area contributed by atoms with Crippen LogP contribution in [0.4, 0.5) is 0 Å². The van der Waals surface area contributed by atoms with Crippen molar-refractivity contribution in [3.8, 4) is 0 Å². The van der Waals surface area contributed by atoms with E-state index in [9.17, 15) is 0 Å². The molecule has 1 aromatic carbocycles. The van der Waals surface area contributed by atoms with Crippen LogP contribution in [0.25, 0.3) is 0 Å². The zero-order chi connectivity index (χ0) is 12.1. The molecule has 0 amide bonds. The Morgan fingerprint density at radius 3 is 2.71 bits per heavy atom. The number of rotatable bonds is 5. The van der Waals surface area contributed by atoms with Crippen LogP contribution in [0.3, 0.4) is 0 Å². The third kappa shape index (κ3) is 4.14. The molecule has 1 aliphatic rings. The lowest BCUT2D eigenvalue weighted by Gasteiger charge is -2.23. The summed E-state index contributed by atoms with van der Waals surface area (Å²) in [6, 6.07) is 8.85. The SMILES string of the molecule is Cc1cccc(CCN(C)CN2CCCC2)c1. The van der Waals surface area contributed by atoms with Gasteiger partial charge >= 0.3 is 0 Å².